The largest absolute Gasteiger partial charge is 0.472 e. The lowest BCUT2D eigenvalue weighted by Crippen LogP contribution is -2.40. The van der Waals surface area contributed by atoms with Crippen LogP contribution in [-0.4, -0.2) is 193 Å². The highest BCUT2D eigenvalue weighted by molar-refractivity contribution is 7.48. The summed E-state index contributed by atoms with van der Waals surface area (Å²) in [6.07, 6.45) is -31.5. The summed E-state index contributed by atoms with van der Waals surface area (Å²) in [6, 6.07) is 3.05. The molecule has 85 heavy (non-hydrogen) atoms. The molecular weight excluding hydrogens is 1280 g/mol. The van der Waals surface area contributed by atoms with E-state index in [1.165, 1.54) is 0 Å². The summed E-state index contributed by atoms with van der Waals surface area (Å²) in [5.74, 6) is 0. The van der Waals surface area contributed by atoms with E-state index in [1.807, 2.05) is 19.9 Å². The standard InChI is InChI=1S/C36H47N8O36P5/c45-17-1-5-41(33(53)37-17)29-21(49)25(77-82(60,61)62)14(74-29)10-70-83(63,64)79-27-16(76-31(23(27)51)43-7-3-19(47)39-35(43)55)12-72-85(67,68)80-28-15(75-32(24(28)52)44-8-4-20(48)40-36(44)56)11-71-84(65,66)78-26-13(9-69-81(57,58)59)73-30(22(26)50)42-6-2-18(46)38-34(42)54/h1-8,13-16,21-32,49-52H,9-12H2,(H,63,64)(H,65,66)(H,67,68)(H,37,45,53)(H,38,46,54)(H,39,47,55)(H,40,48,56)(H2,57,58,59)(H2,60,61,62)/t13-,14-,15-,16-,21-,22-,23-,24-,25-,26-,27-,28-,29-,30-,31-,32-/m1/s1. The highest BCUT2D eigenvalue weighted by Crippen LogP contribution is 2.54. The summed E-state index contributed by atoms with van der Waals surface area (Å²) in [7, 11) is -28.4. The van der Waals surface area contributed by atoms with E-state index in [1.54, 1.807) is 0 Å². The molecule has 3 unspecified atom stereocenters. The molecular formula is C36H47N8O36P5. The van der Waals surface area contributed by atoms with Gasteiger partial charge < -0.3 is 73.6 Å². The van der Waals surface area contributed by atoms with Gasteiger partial charge in [0.1, 0.15) is 73.2 Å². The Balaban J connectivity index is 1.01. The molecule has 4 aliphatic heterocycles. The van der Waals surface area contributed by atoms with E-state index in [9.17, 15) is 116 Å². The van der Waals surface area contributed by atoms with Crippen molar-refractivity contribution in [3.63, 3.8) is 0 Å². The molecule has 49 heteroatoms. The Labute approximate surface area is 466 Å². The molecule has 15 N–H and O–H groups in total. The fourth-order valence-corrected chi connectivity index (χ4v) is 12.6. The first kappa shape index (κ1) is 65.9. The molecule has 44 nitrogen and oxygen atoms in total. The van der Waals surface area contributed by atoms with Crippen LogP contribution in [0.1, 0.15) is 24.9 Å². The van der Waals surface area contributed by atoms with E-state index < -0.39 is 209 Å². The zero-order valence-electron chi connectivity index (χ0n) is 41.8. The third-order valence-electron chi connectivity index (χ3n) is 12.4. The van der Waals surface area contributed by atoms with Crippen molar-refractivity contribution in [3.8, 4) is 0 Å². The van der Waals surface area contributed by atoms with Crippen molar-refractivity contribution in [2.24, 2.45) is 0 Å². The Morgan fingerprint density at radius 3 is 0.800 bits per heavy atom. The zero-order valence-corrected chi connectivity index (χ0v) is 46.3. The quantitative estimate of drug-likeness (QED) is 0.0290. The number of ether oxygens (including phenoxy) is 4. The van der Waals surface area contributed by atoms with Gasteiger partial charge in [0, 0.05) is 49.1 Å². The number of aromatic amines is 4. The van der Waals surface area contributed by atoms with Crippen LogP contribution in [0.15, 0.2) is 87.4 Å². The number of phosphoric ester groups is 5. The van der Waals surface area contributed by atoms with Gasteiger partial charge in [-0.1, -0.05) is 0 Å². The van der Waals surface area contributed by atoms with E-state index >= 15 is 0 Å². The molecule has 4 aromatic heterocycles. The lowest BCUT2D eigenvalue weighted by Gasteiger charge is -2.27. The molecule has 0 aromatic carbocycles. The SMILES string of the molecule is O=c1ccn([C@@H]2O[C@H](COP(=O)(O)O[C@H]3[C@@H](O)[C@H](n4ccc(=O)[nH]c4=O)O[C@@H]3COP(=O)(O)O[C@H]3[C@@H](O)[C@H](n4ccc(=O)[nH]c4=O)O[C@@H]3COP(=O)(O)O[C@H]3[C@@H](O)[C@H](n4ccc(=O)[nH]c4=O)O[C@@H]3COP(=O)(O)O)[C@@H](OP(=O)(O)O)[C@H]2O)c(=O)[nH]1. The van der Waals surface area contributed by atoms with Crippen molar-refractivity contribution in [2.45, 2.75) is 98.2 Å². The maximum atomic E-state index is 13.9. The second kappa shape index (κ2) is 25.6. The maximum absolute atomic E-state index is 13.9. The summed E-state index contributed by atoms with van der Waals surface area (Å²) < 4.78 is 128. The maximum Gasteiger partial charge on any atom is 0.472 e. The third kappa shape index (κ3) is 16.0. The monoisotopic (exact) mass is 1320 g/mol. The van der Waals surface area contributed by atoms with E-state index in [-0.39, 0.29) is 0 Å². The molecule has 0 radical (unpaired) electrons. The Morgan fingerprint density at radius 2 is 0.588 bits per heavy atom. The van der Waals surface area contributed by atoms with Gasteiger partial charge in [-0.25, -0.2) is 42.0 Å². The van der Waals surface area contributed by atoms with Crippen molar-refractivity contribution < 1.29 is 133 Å². The smallest absolute Gasteiger partial charge is 0.386 e. The molecule has 0 spiro atoms. The van der Waals surface area contributed by atoms with Gasteiger partial charge in [-0.05, 0) is 0 Å². The number of aromatic nitrogens is 8. The first-order valence-corrected chi connectivity index (χ1v) is 31.1. The predicted molar refractivity (Wildman–Crippen MR) is 262 cm³/mol. The lowest BCUT2D eigenvalue weighted by molar-refractivity contribution is -0.0656. The van der Waals surface area contributed by atoms with Crippen molar-refractivity contribution in [1.29, 1.82) is 0 Å². The Hall–Kier alpha value is -5.05. The number of phosphoric acid groups is 5. The van der Waals surface area contributed by atoms with Crippen LogP contribution < -0.4 is 45.0 Å². The Bertz CT molecular complexity index is 3850. The molecule has 0 amide bonds. The predicted octanol–water partition coefficient (Wildman–Crippen LogP) is -7.69. The minimum Gasteiger partial charge on any atom is -0.386 e. The number of hydrogen-bond acceptors (Lipinski definition) is 29. The van der Waals surface area contributed by atoms with Crippen molar-refractivity contribution in [1.82, 2.24) is 38.2 Å². The van der Waals surface area contributed by atoms with Gasteiger partial charge in [0.15, 0.2) is 24.9 Å². The molecule has 0 bridgehead atoms. The molecule has 4 fully saturated rings. The number of aliphatic hydroxyl groups is 4. The third-order valence-corrected chi connectivity index (χ3v) is 16.3. The summed E-state index contributed by atoms with van der Waals surface area (Å²) in [5.41, 5.74) is -8.85. The summed E-state index contributed by atoms with van der Waals surface area (Å²) in [4.78, 5) is 176. The van der Waals surface area contributed by atoms with Crippen LogP contribution in [0.3, 0.4) is 0 Å². The number of hydrogen-bond donors (Lipinski definition) is 15. The minimum atomic E-state index is -5.92. The second-order valence-corrected chi connectivity index (χ2v) is 24.8. The van der Waals surface area contributed by atoms with Crippen LogP contribution in [-0.2, 0) is 78.0 Å². The molecule has 0 saturated carbocycles. The Kier molecular flexibility index (Phi) is 19.8. The van der Waals surface area contributed by atoms with Crippen LogP contribution in [0, 0.1) is 0 Å². The van der Waals surface area contributed by atoms with Gasteiger partial charge in [0.05, 0.1) is 26.4 Å². The van der Waals surface area contributed by atoms with Crippen LogP contribution in [0.4, 0.5) is 0 Å². The average molecular weight is 1320 g/mol. The zero-order chi connectivity index (χ0) is 62.5. The highest BCUT2D eigenvalue weighted by Gasteiger charge is 2.55. The van der Waals surface area contributed by atoms with Crippen LogP contribution in [0.25, 0.3) is 0 Å². The van der Waals surface area contributed by atoms with Gasteiger partial charge in [0.2, 0.25) is 0 Å². The van der Waals surface area contributed by atoms with Gasteiger partial charge in [-0.15, -0.1) is 0 Å². The van der Waals surface area contributed by atoms with E-state index in [2.05, 4.69) is 9.05 Å². The molecule has 8 rings (SSSR count). The van der Waals surface area contributed by atoms with Crippen LogP contribution >= 0.6 is 39.1 Å². The topological polar surface area (TPSA) is 638 Å². The van der Waals surface area contributed by atoms with E-state index in [0.29, 0.717) is 18.3 Å². The van der Waals surface area contributed by atoms with Crippen LogP contribution in [0.5, 0.6) is 0 Å². The fourth-order valence-electron chi connectivity index (χ4n) is 8.75. The minimum absolute atomic E-state index is 0.485. The van der Waals surface area contributed by atoms with Crippen molar-refractivity contribution in [2.75, 3.05) is 26.4 Å². The fraction of sp³-hybridized carbons (Fsp3) is 0.556. The van der Waals surface area contributed by atoms with Gasteiger partial charge in [-0.3, -0.25) is 93.6 Å². The normalized spacial score (nSPS) is 32.0. The van der Waals surface area contributed by atoms with Gasteiger partial charge in [0.25, 0.3) is 22.2 Å². The van der Waals surface area contributed by atoms with Crippen molar-refractivity contribution >= 4 is 39.1 Å². The van der Waals surface area contributed by atoms with Crippen LogP contribution in [0.2, 0.25) is 0 Å². The molecule has 4 saturated heterocycles. The molecule has 19 atom stereocenters. The molecule has 0 aliphatic carbocycles. The highest BCUT2D eigenvalue weighted by atomic mass is 31.2. The van der Waals surface area contributed by atoms with Crippen molar-refractivity contribution in [3.05, 3.63) is 132 Å². The number of H-pyrrole nitrogens is 4. The molecule has 4 aromatic rings. The summed E-state index contributed by atoms with van der Waals surface area (Å²) in [5, 5.41) is 44.9. The first-order valence-electron chi connectivity index (χ1n) is 23.5. The first-order chi connectivity index (χ1) is 39.5. The number of rotatable bonds is 24. The summed E-state index contributed by atoms with van der Waals surface area (Å²) in [6.45, 7) is -5.43. The average Bonchev–Trinajstić information content (AvgIpc) is 2.74. The molecule has 472 valence electrons. The second-order valence-electron chi connectivity index (χ2n) is 18.1. The Morgan fingerprint density at radius 1 is 0.365 bits per heavy atom. The number of nitrogens with zero attached hydrogens (tertiary/aromatic N) is 4. The number of aliphatic hydroxyl groups excluding tert-OH is 4. The van der Waals surface area contributed by atoms with E-state index in [4.69, 9.17) is 46.1 Å². The molecule has 4 aliphatic rings. The van der Waals surface area contributed by atoms with Gasteiger partial charge >= 0.3 is 61.9 Å². The summed E-state index contributed by atoms with van der Waals surface area (Å²) >= 11 is 0. The van der Waals surface area contributed by atoms with Gasteiger partial charge in [-0.2, -0.15) is 0 Å². The number of nitrogens with one attached hydrogen (secondary N) is 4. The molecule has 8 heterocycles. The lowest BCUT2D eigenvalue weighted by atomic mass is 10.1. The van der Waals surface area contributed by atoms with E-state index in [0.717, 1.165) is 49.1 Å².